The van der Waals surface area contributed by atoms with Gasteiger partial charge in [0, 0.05) is 16.2 Å². The zero-order valence-electron chi connectivity index (χ0n) is 10.5. The number of thioether (sulfide) groups is 1. The minimum Gasteiger partial charge on any atom is -0.480 e. The van der Waals surface area contributed by atoms with E-state index in [2.05, 4.69) is 5.32 Å². The van der Waals surface area contributed by atoms with Gasteiger partial charge in [0.25, 0.3) is 0 Å². The number of carbonyl (C=O) groups is 1. The summed E-state index contributed by atoms with van der Waals surface area (Å²) >= 11 is 1.28. The highest BCUT2D eigenvalue weighted by atomic mass is 32.2. The van der Waals surface area contributed by atoms with Crippen LogP contribution in [-0.4, -0.2) is 28.9 Å². The van der Waals surface area contributed by atoms with Gasteiger partial charge in [-0.3, -0.25) is 4.79 Å². The first kappa shape index (κ1) is 14.3. The summed E-state index contributed by atoms with van der Waals surface area (Å²) < 4.78 is 26.4. The van der Waals surface area contributed by atoms with Gasteiger partial charge >= 0.3 is 5.97 Å². The number of aliphatic carboxylic acids is 1. The lowest BCUT2D eigenvalue weighted by Crippen LogP contribution is -2.48. The van der Waals surface area contributed by atoms with E-state index in [-0.39, 0.29) is 5.25 Å². The van der Waals surface area contributed by atoms with E-state index in [4.69, 9.17) is 0 Å². The maximum atomic E-state index is 13.5. The van der Waals surface area contributed by atoms with E-state index in [1.807, 2.05) is 0 Å². The van der Waals surface area contributed by atoms with Crippen molar-refractivity contribution in [1.82, 2.24) is 5.32 Å². The fraction of sp³-hybridized carbons (Fsp3) is 0.462. The average molecular weight is 287 g/mol. The molecule has 2 rings (SSSR count). The number of likely N-dealkylation sites (N-methyl/N-ethyl adjacent to an activating group) is 1. The van der Waals surface area contributed by atoms with Crippen molar-refractivity contribution in [3.05, 3.63) is 29.8 Å². The van der Waals surface area contributed by atoms with Crippen molar-refractivity contribution < 1.29 is 18.7 Å². The van der Waals surface area contributed by atoms with Crippen molar-refractivity contribution in [1.29, 1.82) is 0 Å². The van der Waals surface area contributed by atoms with Gasteiger partial charge < -0.3 is 10.4 Å². The highest BCUT2D eigenvalue weighted by Gasteiger charge is 2.44. The first-order valence-electron chi connectivity index (χ1n) is 6.01. The molecule has 19 heavy (non-hydrogen) atoms. The lowest BCUT2D eigenvalue weighted by atomic mass is 9.99. The SMILES string of the molecule is CNC1(C(=O)O)CCC(Sc2ccc(F)cc2F)C1. The largest absolute Gasteiger partial charge is 0.480 e. The maximum Gasteiger partial charge on any atom is 0.323 e. The number of carboxylic acids is 1. The second kappa shape index (κ2) is 5.46. The number of hydrogen-bond donors (Lipinski definition) is 2. The van der Waals surface area contributed by atoms with Gasteiger partial charge in [0.1, 0.15) is 17.2 Å². The highest BCUT2D eigenvalue weighted by Crippen LogP contribution is 2.41. The molecule has 0 aliphatic heterocycles. The summed E-state index contributed by atoms with van der Waals surface area (Å²) in [5.41, 5.74) is -0.922. The van der Waals surface area contributed by atoms with Gasteiger partial charge in [-0.05, 0) is 38.4 Å². The molecule has 3 nitrogen and oxygen atoms in total. The third-order valence-electron chi connectivity index (χ3n) is 3.54. The molecule has 2 unspecified atom stereocenters. The van der Waals surface area contributed by atoms with Crippen LogP contribution >= 0.6 is 11.8 Å². The molecular weight excluding hydrogens is 272 g/mol. The lowest BCUT2D eigenvalue weighted by molar-refractivity contribution is -0.144. The third kappa shape index (κ3) is 2.90. The molecule has 1 fully saturated rings. The Balaban J connectivity index is 2.08. The van der Waals surface area contributed by atoms with E-state index in [0.29, 0.717) is 24.2 Å². The zero-order chi connectivity index (χ0) is 14.0. The molecule has 1 aliphatic rings. The molecule has 104 valence electrons. The fourth-order valence-corrected chi connectivity index (χ4v) is 3.66. The Morgan fingerprint density at radius 2 is 2.26 bits per heavy atom. The van der Waals surface area contributed by atoms with Crippen LogP contribution in [0.4, 0.5) is 8.78 Å². The van der Waals surface area contributed by atoms with Crippen LogP contribution < -0.4 is 5.32 Å². The molecule has 0 amide bonds. The van der Waals surface area contributed by atoms with Gasteiger partial charge in [-0.25, -0.2) is 8.78 Å². The molecule has 0 aromatic heterocycles. The molecule has 0 bridgehead atoms. The number of rotatable bonds is 4. The Morgan fingerprint density at radius 3 is 2.79 bits per heavy atom. The third-order valence-corrected chi connectivity index (χ3v) is 4.87. The predicted octanol–water partition coefficient (Wildman–Crippen LogP) is 2.65. The monoisotopic (exact) mass is 287 g/mol. The van der Waals surface area contributed by atoms with Crippen LogP contribution in [0.2, 0.25) is 0 Å². The second-order valence-electron chi connectivity index (χ2n) is 4.69. The smallest absolute Gasteiger partial charge is 0.323 e. The van der Waals surface area contributed by atoms with Crippen LogP contribution in [0.3, 0.4) is 0 Å². The van der Waals surface area contributed by atoms with Crippen LogP contribution in [0.1, 0.15) is 19.3 Å². The Morgan fingerprint density at radius 1 is 1.53 bits per heavy atom. The highest BCUT2D eigenvalue weighted by molar-refractivity contribution is 8.00. The molecular formula is C13H15F2NO2S. The molecule has 0 saturated heterocycles. The minimum atomic E-state index is -0.922. The standard InChI is InChI=1S/C13H15F2NO2S/c1-16-13(12(17)18)5-4-9(7-13)19-11-3-2-8(14)6-10(11)15/h2-3,6,9,16H,4-5,7H2,1H3,(H,17,18). The first-order valence-corrected chi connectivity index (χ1v) is 6.89. The maximum absolute atomic E-state index is 13.5. The van der Waals surface area contributed by atoms with E-state index in [0.717, 1.165) is 6.07 Å². The Labute approximate surface area is 114 Å². The summed E-state index contributed by atoms with van der Waals surface area (Å²) in [4.78, 5) is 11.6. The molecule has 6 heteroatoms. The van der Waals surface area contributed by atoms with E-state index < -0.39 is 23.1 Å². The molecule has 0 spiro atoms. The van der Waals surface area contributed by atoms with Crippen LogP contribution in [0.15, 0.2) is 23.1 Å². The quantitative estimate of drug-likeness (QED) is 0.894. The number of carboxylic acid groups (broad SMARTS) is 1. The number of hydrogen-bond acceptors (Lipinski definition) is 3. The zero-order valence-corrected chi connectivity index (χ0v) is 11.3. The molecule has 2 N–H and O–H groups in total. The summed E-state index contributed by atoms with van der Waals surface area (Å²) in [5, 5.41) is 12.1. The molecule has 1 aliphatic carbocycles. The summed E-state index contributed by atoms with van der Waals surface area (Å²) in [7, 11) is 1.62. The van der Waals surface area contributed by atoms with Crippen molar-refractivity contribution in [3.63, 3.8) is 0 Å². The number of halogens is 2. The van der Waals surface area contributed by atoms with Gasteiger partial charge in [-0.1, -0.05) is 0 Å². The minimum absolute atomic E-state index is 0.0171. The molecule has 1 aromatic carbocycles. The van der Waals surface area contributed by atoms with Crippen molar-refractivity contribution >= 4 is 17.7 Å². The Hall–Kier alpha value is -1.14. The van der Waals surface area contributed by atoms with Gasteiger partial charge in [0.15, 0.2) is 0 Å². The van der Waals surface area contributed by atoms with Gasteiger partial charge in [0.2, 0.25) is 0 Å². The topological polar surface area (TPSA) is 49.3 Å². The number of nitrogens with one attached hydrogen (secondary N) is 1. The molecule has 2 atom stereocenters. The predicted molar refractivity (Wildman–Crippen MR) is 69.3 cm³/mol. The summed E-state index contributed by atoms with van der Waals surface area (Å²) in [6.07, 6.45) is 1.63. The molecule has 0 radical (unpaired) electrons. The Kier molecular flexibility index (Phi) is 4.10. The normalized spacial score (nSPS) is 26.6. The Bertz CT molecular complexity index is 498. The lowest BCUT2D eigenvalue weighted by Gasteiger charge is -2.23. The summed E-state index contributed by atoms with van der Waals surface area (Å²) in [6, 6.07) is 3.46. The second-order valence-corrected chi connectivity index (χ2v) is 6.04. The van der Waals surface area contributed by atoms with Crippen molar-refractivity contribution in [2.75, 3.05) is 7.05 Å². The fourth-order valence-electron chi connectivity index (χ4n) is 2.38. The van der Waals surface area contributed by atoms with Crippen LogP contribution in [0.25, 0.3) is 0 Å². The van der Waals surface area contributed by atoms with Gasteiger partial charge in [-0.15, -0.1) is 11.8 Å². The molecule has 1 saturated carbocycles. The molecule has 1 aromatic rings. The van der Waals surface area contributed by atoms with E-state index in [1.165, 1.54) is 23.9 Å². The first-order chi connectivity index (χ1) is 8.97. The van der Waals surface area contributed by atoms with Crippen LogP contribution in [0, 0.1) is 11.6 Å². The van der Waals surface area contributed by atoms with Crippen molar-refractivity contribution in [3.8, 4) is 0 Å². The summed E-state index contributed by atoms with van der Waals surface area (Å²) in [6.45, 7) is 0. The van der Waals surface area contributed by atoms with E-state index in [9.17, 15) is 18.7 Å². The van der Waals surface area contributed by atoms with Crippen LogP contribution in [0.5, 0.6) is 0 Å². The van der Waals surface area contributed by atoms with Gasteiger partial charge in [0.05, 0.1) is 0 Å². The average Bonchev–Trinajstić information content (AvgIpc) is 2.77. The molecule has 0 heterocycles. The van der Waals surface area contributed by atoms with Crippen molar-refractivity contribution in [2.45, 2.75) is 34.9 Å². The summed E-state index contributed by atoms with van der Waals surface area (Å²) in [5.74, 6) is -2.08. The number of benzene rings is 1. The van der Waals surface area contributed by atoms with E-state index >= 15 is 0 Å². The van der Waals surface area contributed by atoms with Crippen LogP contribution in [-0.2, 0) is 4.79 Å². The van der Waals surface area contributed by atoms with Crippen molar-refractivity contribution in [2.24, 2.45) is 0 Å². The van der Waals surface area contributed by atoms with E-state index in [1.54, 1.807) is 7.05 Å². The van der Waals surface area contributed by atoms with Gasteiger partial charge in [-0.2, -0.15) is 0 Å².